The summed E-state index contributed by atoms with van der Waals surface area (Å²) in [5, 5.41) is 0. The Balaban J connectivity index is 1.24. The molecule has 0 aromatic heterocycles. The van der Waals surface area contributed by atoms with Crippen molar-refractivity contribution in [2.24, 2.45) is 0 Å². The number of halogens is 4. The van der Waals surface area contributed by atoms with E-state index in [2.05, 4.69) is 9.80 Å². The Morgan fingerprint density at radius 3 is 2.14 bits per heavy atom. The molecular formula is C28H35F4N3O2. The second-order valence-electron chi connectivity index (χ2n) is 9.77. The lowest BCUT2D eigenvalue weighted by molar-refractivity contribution is -0.138. The number of benzene rings is 2. The first kappa shape index (κ1) is 27.2. The molecule has 0 spiro atoms. The van der Waals surface area contributed by atoms with Crippen LogP contribution in [0.25, 0.3) is 0 Å². The van der Waals surface area contributed by atoms with E-state index in [-0.39, 0.29) is 13.1 Å². The van der Waals surface area contributed by atoms with E-state index in [4.69, 9.17) is 4.74 Å². The molecule has 9 heteroatoms. The van der Waals surface area contributed by atoms with Gasteiger partial charge in [-0.2, -0.15) is 13.2 Å². The molecule has 4 rings (SSSR count). The zero-order valence-corrected chi connectivity index (χ0v) is 21.1. The van der Waals surface area contributed by atoms with Crippen LogP contribution in [0, 0.1) is 5.82 Å². The van der Waals surface area contributed by atoms with Gasteiger partial charge in [0.1, 0.15) is 11.6 Å². The van der Waals surface area contributed by atoms with Crippen LogP contribution in [0.1, 0.15) is 54.4 Å². The fourth-order valence-electron chi connectivity index (χ4n) is 5.04. The fourth-order valence-corrected chi connectivity index (χ4v) is 5.04. The number of hydrogen-bond donors (Lipinski definition) is 0. The van der Waals surface area contributed by atoms with E-state index in [1.54, 1.807) is 0 Å². The van der Waals surface area contributed by atoms with E-state index >= 15 is 0 Å². The van der Waals surface area contributed by atoms with Crippen LogP contribution in [0.5, 0.6) is 5.75 Å². The standard InChI is InChI=1S/C28H35F4N3O2/c29-22-7-12-25(26(21-22)28(30,31)32)27(36)35-18-16-34(17-19-35)23-8-10-24(11-9-23)37-20-6-15-33-13-4-2-1-3-5-14-33/h7-12,21H,1-6,13-20H2. The van der Waals surface area contributed by atoms with Crippen molar-refractivity contribution >= 4 is 11.6 Å². The second-order valence-corrected chi connectivity index (χ2v) is 9.77. The smallest absolute Gasteiger partial charge is 0.417 e. The fraction of sp³-hybridized carbons (Fsp3) is 0.536. The molecule has 0 N–H and O–H groups in total. The molecule has 0 aliphatic carbocycles. The van der Waals surface area contributed by atoms with Crippen LogP contribution in [0.3, 0.4) is 0 Å². The molecule has 2 heterocycles. The Bertz CT molecular complexity index is 1010. The Labute approximate surface area is 216 Å². The van der Waals surface area contributed by atoms with Crippen molar-refractivity contribution in [3.8, 4) is 5.75 Å². The second kappa shape index (κ2) is 12.6. The Hall–Kier alpha value is -2.81. The lowest BCUT2D eigenvalue weighted by Gasteiger charge is -2.36. The maximum atomic E-state index is 13.4. The van der Waals surface area contributed by atoms with Gasteiger partial charge in [-0.3, -0.25) is 4.79 Å². The van der Waals surface area contributed by atoms with Crippen LogP contribution in [0.15, 0.2) is 42.5 Å². The Morgan fingerprint density at radius 1 is 0.838 bits per heavy atom. The van der Waals surface area contributed by atoms with E-state index in [0.717, 1.165) is 36.5 Å². The number of rotatable bonds is 7. The lowest BCUT2D eigenvalue weighted by Crippen LogP contribution is -2.49. The monoisotopic (exact) mass is 521 g/mol. The highest BCUT2D eigenvalue weighted by Gasteiger charge is 2.37. The third-order valence-corrected chi connectivity index (χ3v) is 7.12. The number of ether oxygens (including phenoxy) is 1. The van der Waals surface area contributed by atoms with Crippen molar-refractivity contribution in [2.75, 3.05) is 57.3 Å². The molecule has 0 saturated carbocycles. The topological polar surface area (TPSA) is 36.0 Å². The SMILES string of the molecule is O=C(c1ccc(F)cc1C(F)(F)F)N1CCN(c2ccc(OCCCN3CCCCCCC3)cc2)CC1. The molecule has 2 aliphatic heterocycles. The van der Waals surface area contributed by atoms with Crippen molar-refractivity contribution in [3.63, 3.8) is 0 Å². The number of alkyl halides is 3. The van der Waals surface area contributed by atoms with Gasteiger partial charge in [0.2, 0.25) is 0 Å². The first-order valence-corrected chi connectivity index (χ1v) is 13.2. The summed E-state index contributed by atoms with van der Waals surface area (Å²) in [6, 6.07) is 9.97. The average molecular weight is 522 g/mol. The molecule has 2 saturated heterocycles. The number of nitrogens with zero attached hydrogens (tertiary/aromatic N) is 3. The summed E-state index contributed by atoms with van der Waals surface area (Å²) in [6.45, 7) is 5.63. The lowest BCUT2D eigenvalue weighted by atomic mass is 10.0. The van der Waals surface area contributed by atoms with E-state index < -0.39 is 29.0 Å². The molecule has 0 radical (unpaired) electrons. The van der Waals surface area contributed by atoms with Crippen LogP contribution in [0.2, 0.25) is 0 Å². The normalized spacial score (nSPS) is 17.8. The third-order valence-electron chi connectivity index (χ3n) is 7.12. The number of carbonyl (C=O) groups excluding carboxylic acids is 1. The zero-order valence-electron chi connectivity index (χ0n) is 21.1. The van der Waals surface area contributed by atoms with Gasteiger partial charge < -0.3 is 19.4 Å². The predicted octanol–water partition coefficient (Wildman–Crippen LogP) is 5.84. The van der Waals surface area contributed by atoms with Gasteiger partial charge in [-0.25, -0.2) is 4.39 Å². The van der Waals surface area contributed by atoms with Gasteiger partial charge in [-0.15, -0.1) is 0 Å². The van der Waals surface area contributed by atoms with Crippen LogP contribution >= 0.6 is 0 Å². The van der Waals surface area contributed by atoms with Crippen molar-refractivity contribution in [1.82, 2.24) is 9.80 Å². The van der Waals surface area contributed by atoms with Gasteiger partial charge in [0.25, 0.3) is 5.91 Å². The van der Waals surface area contributed by atoms with Crippen LogP contribution in [-0.2, 0) is 6.18 Å². The van der Waals surface area contributed by atoms with E-state index in [1.807, 2.05) is 24.3 Å². The molecule has 2 aliphatic rings. The summed E-state index contributed by atoms with van der Waals surface area (Å²) in [4.78, 5) is 18.8. The molecule has 0 unspecified atom stereocenters. The number of hydrogen-bond acceptors (Lipinski definition) is 4. The van der Waals surface area contributed by atoms with E-state index in [0.29, 0.717) is 25.8 Å². The number of anilines is 1. The average Bonchev–Trinajstić information content (AvgIpc) is 2.87. The number of amides is 1. The predicted molar refractivity (Wildman–Crippen MR) is 136 cm³/mol. The first-order valence-electron chi connectivity index (χ1n) is 13.2. The molecule has 2 aromatic carbocycles. The number of carbonyl (C=O) groups is 1. The van der Waals surface area contributed by atoms with Crippen molar-refractivity contribution in [1.29, 1.82) is 0 Å². The highest BCUT2D eigenvalue weighted by Crippen LogP contribution is 2.33. The first-order chi connectivity index (χ1) is 17.8. The molecule has 0 bridgehead atoms. The van der Waals surface area contributed by atoms with E-state index in [9.17, 15) is 22.4 Å². The van der Waals surface area contributed by atoms with Crippen LogP contribution in [0.4, 0.5) is 23.2 Å². The van der Waals surface area contributed by atoms with Crippen LogP contribution in [-0.4, -0.2) is 68.1 Å². The summed E-state index contributed by atoms with van der Waals surface area (Å²) in [5.41, 5.74) is -0.787. The van der Waals surface area contributed by atoms with Gasteiger partial charge in [-0.05, 0) is 74.8 Å². The highest BCUT2D eigenvalue weighted by molar-refractivity contribution is 5.96. The molecule has 37 heavy (non-hydrogen) atoms. The van der Waals surface area contributed by atoms with Gasteiger partial charge in [0.15, 0.2) is 0 Å². The molecule has 0 atom stereocenters. The largest absolute Gasteiger partial charge is 0.494 e. The van der Waals surface area contributed by atoms with Gasteiger partial charge >= 0.3 is 6.18 Å². The number of likely N-dealkylation sites (tertiary alicyclic amines) is 1. The maximum absolute atomic E-state index is 13.4. The van der Waals surface area contributed by atoms with E-state index in [1.165, 1.54) is 50.1 Å². The highest BCUT2D eigenvalue weighted by atomic mass is 19.4. The summed E-state index contributed by atoms with van der Waals surface area (Å²) in [5.74, 6) is -0.943. The third kappa shape index (κ3) is 7.60. The van der Waals surface area contributed by atoms with Crippen molar-refractivity contribution in [2.45, 2.75) is 44.7 Å². The minimum atomic E-state index is -4.80. The molecule has 2 aromatic rings. The number of piperazine rings is 1. The van der Waals surface area contributed by atoms with Gasteiger partial charge in [-0.1, -0.05) is 19.3 Å². The van der Waals surface area contributed by atoms with Gasteiger partial charge in [0, 0.05) is 38.4 Å². The van der Waals surface area contributed by atoms with Crippen LogP contribution < -0.4 is 9.64 Å². The molecule has 5 nitrogen and oxygen atoms in total. The van der Waals surface area contributed by atoms with Gasteiger partial charge in [0.05, 0.1) is 17.7 Å². The maximum Gasteiger partial charge on any atom is 0.417 e. The minimum absolute atomic E-state index is 0.280. The zero-order chi connectivity index (χ0) is 26.3. The molecule has 2 fully saturated rings. The Kier molecular flexibility index (Phi) is 9.29. The molecule has 202 valence electrons. The molecule has 1 amide bonds. The summed E-state index contributed by atoms with van der Waals surface area (Å²) < 4.78 is 59.3. The minimum Gasteiger partial charge on any atom is -0.494 e. The quantitative estimate of drug-likeness (QED) is 0.339. The Morgan fingerprint density at radius 2 is 1.49 bits per heavy atom. The summed E-state index contributed by atoms with van der Waals surface area (Å²) in [6.07, 6.45) is 2.78. The summed E-state index contributed by atoms with van der Waals surface area (Å²) >= 11 is 0. The van der Waals surface area contributed by atoms with Crippen molar-refractivity contribution < 1.29 is 27.1 Å². The van der Waals surface area contributed by atoms with Crippen molar-refractivity contribution in [3.05, 3.63) is 59.4 Å². The molecular weight excluding hydrogens is 486 g/mol. The summed E-state index contributed by atoms with van der Waals surface area (Å²) in [7, 11) is 0.